The monoisotopic (exact) mass is 803 g/mol. The van der Waals surface area contributed by atoms with Gasteiger partial charge in [0, 0.05) is 28.1 Å². The molecule has 0 saturated heterocycles. The number of rotatable bonds is 7. The van der Waals surface area contributed by atoms with Crippen molar-refractivity contribution in [3.63, 3.8) is 0 Å². The zero-order valence-electron chi connectivity index (χ0n) is 34.5. The molecule has 0 saturated carbocycles. The average Bonchev–Trinajstić information content (AvgIpc) is 3.65. The fourth-order valence-electron chi connectivity index (χ4n) is 10.1. The maximum atomic E-state index is 6.90. The maximum Gasteiger partial charge on any atom is 0.132 e. The van der Waals surface area contributed by atoms with Gasteiger partial charge in [-0.3, -0.25) is 0 Å². The summed E-state index contributed by atoms with van der Waals surface area (Å²) in [5.41, 5.74) is 19.5. The van der Waals surface area contributed by atoms with Gasteiger partial charge in [-0.2, -0.15) is 0 Å². The zero-order valence-corrected chi connectivity index (χ0v) is 34.5. The number of ether oxygens (including phenoxy) is 1. The second kappa shape index (κ2) is 15.1. The first-order valence-electron chi connectivity index (χ1n) is 21.7. The third kappa shape index (κ3) is 6.02. The predicted octanol–water partition coefficient (Wildman–Crippen LogP) is 16.3. The predicted molar refractivity (Wildman–Crippen MR) is 260 cm³/mol. The summed E-state index contributed by atoms with van der Waals surface area (Å²) in [6.45, 7) is 0. The average molecular weight is 804 g/mol. The first kappa shape index (κ1) is 36.6. The van der Waals surface area contributed by atoms with Crippen LogP contribution in [0.2, 0.25) is 0 Å². The van der Waals surface area contributed by atoms with Crippen LogP contribution in [0.3, 0.4) is 0 Å². The molecule has 2 heteroatoms. The zero-order chi connectivity index (χ0) is 41.7. The molecule has 1 aliphatic carbocycles. The second-order valence-corrected chi connectivity index (χ2v) is 16.4. The fourth-order valence-corrected chi connectivity index (χ4v) is 10.1. The van der Waals surface area contributed by atoms with Gasteiger partial charge in [0.15, 0.2) is 0 Å². The highest BCUT2D eigenvalue weighted by atomic mass is 16.5. The van der Waals surface area contributed by atoms with E-state index in [2.05, 4.69) is 254 Å². The highest BCUT2D eigenvalue weighted by Crippen LogP contribution is 2.62. The minimum atomic E-state index is -0.494. The summed E-state index contributed by atoms with van der Waals surface area (Å²) in [4.78, 5) is 2.39. The number of fused-ring (bicyclic) bond motifs is 9. The van der Waals surface area contributed by atoms with E-state index in [1.807, 2.05) is 0 Å². The topological polar surface area (TPSA) is 12.5 Å². The van der Waals surface area contributed by atoms with Crippen molar-refractivity contribution >= 4 is 17.1 Å². The van der Waals surface area contributed by atoms with E-state index in [1.165, 1.54) is 55.6 Å². The van der Waals surface area contributed by atoms with Crippen LogP contribution in [0.1, 0.15) is 22.3 Å². The highest BCUT2D eigenvalue weighted by Gasteiger charge is 2.50. The lowest BCUT2D eigenvalue weighted by Gasteiger charge is -2.39. The molecular weight excluding hydrogens is 763 g/mol. The SMILES string of the molecule is c1ccc(-c2ccc(-c3ccc(N(c4cccc(-c5ccc6c(c5)Oc5ccccc5C65c6ccccc6-c6ccccc65)c4)c4ccccc4-c4ccccc4)cc3)cc2)cc1. The molecule has 0 atom stereocenters. The molecule has 0 unspecified atom stereocenters. The van der Waals surface area contributed by atoms with Gasteiger partial charge in [0.2, 0.25) is 0 Å². The number of nitrogens with zero attached hydrogens (tertiary/aromatic N) is 1. The fraction of sp³-hybridized carbons (Fsp3) is 0.0164. The van der Waals surface area contributed by atoms with Crippen molar-refractivity contribution in [1.29, 1.82) is 0 Å². The van der Waals surface area contributed by atoms with Gasteiger partial charge in [-0.15, -0.1) is 0 Å². The summed E-state index contributed by atoms with van der Waals surface area (Å²) < 4.78 is 6.90. The molecule has 0 fully saturated rings. The molecule has 12 rings (SSSR count). The highest BCUT2D eigenvalue weighted by molar-refractivity contribution is 5.91. The van der Waals surface area contributed by atoms with E-state index in [-0.39, 0.29) is 0 Å². The summed E-state index contributed by atoms with van der Waals surface area (Å²) in [5.74, 6) is 1.77. The Morgan fingerprint density at radius 1 is 0.270 bits per heavy atom. The van der Waals surface area contributed by atoms with Crippen molar-refractivity contribution in [2.24, 2.45) is 0 Å². The molecule has 10 aromatic rings. The van der Waals surface area contributed by atoms with Gasteiger partial charge in [0.1, 0.15) is 11.5 Å². The van der Waals surface area contributed by atoms with E-state index in [0.717, 1.165) is 50.8 Å². The Labute approximate surface area is 368 Å². The Bertz CT molecular complexity index is 3250. The standard InChI is InChI=1S/C61H41NO/c1-3-16-42(17-4-1)43-30-32-44(33-31-43)45-34-37-49(38-35-45)62(58-28-13-9-22-51(58)46-18-5-2-6-19-46)50-21-15-20-47(40-50)48-36-39-57-60(41-48)63-59-29-14-12-27-56(59)61(57)54-25-10-7-23-52(54)53-24-8-11-26-55(53)61/h1-41H. The van der Waals surface area contributed by atoms with Crippen LogP contribution >= 0.6 is 0 Å². The lowest BCUT2D eigenvalue weighted by molar-refractivity contribution is 0.436. The van der Waals surface area contributed by atoms with Crippen LogP contribution in [0.4, 0.5) is 17.1 Å². The minimum absolute atomic E-state index is 0.494. The van der Waals surface area contributed by atoms with Gasteiger partial charge in [-0.1, -0.05) is 206 Å². The Kier molecular flexibility index (Phi) is 8.76. The third-order valence-electron chi connectivity index (χ3n) is 13.0. The van der Waals surface area contributed by atoms with Crippen LogP contribution in [-0.4, -0.2) is 0 Å². The van der Waals surface area contributed by atoms with E-state index in [4.69, 9.17) is 4.74 Å². The Morgan fingerprint density at radius 3 is 1.40 bits per heavy atom. The van der Waals surface area contributed by atoms with Crippen LogP contribution < -0.4 is 9.64 Å². The summed E-state index contributed by atoms with van der Waals surface area (Å²) in [6.07, 6.45) is 0. The minimum Gasteiger partial charge on any atom is -0.457 e. The molecule has 1 heterocycles. The van der Waals surface area contributed by atoms with Crippen molar-refractivity contribution < 1.29 is 4.74 Å². The van der Waals surface area contributed by atoms with E-state index < -0.39 is 5.41 Å². The normalized spacial score (nSPS) is 12.7. The van der Waals surface area contributed by atoms with Crippen LogP contribution in [0.15, 0.2) is 249 Å². The lowest BCUT2D eigenvalue weighted by Crippen LogP contribution is -2.32. The molecule has 1 aliphatic heterocycles. The van der Waals surface area contributed by atoms with Crippen molar-refractivity contribution in [3.05, 3.63) is 271 Å². The molecule has 0 radical (unpaired) electrons. The summed E-state index contributed by atoms with van der Waals surface area (Å²) >= 11 is 0. The molecule has 0 bridgehead atoms. The van der Waals surface area contributed by atoms with Crippen molar-refractivity contribution in [2.75, 3.05) is 4.90 Å². The Hall–Kier alpha value is -8.20. The van der Waals surface area contributed by atoms with Crippen LogP contribution in [0, 0.1) is 0 Å². The van der Waals surface area contributed by atoms with E-state index in [9.17, 15) is 0 Å². The number of hydrogen-bond acceptors (Lipinski definition) is 2. The first-order valence-corrected chi connectivity index (χ1v) is 21.7. The van der Waals surface area contributed by atoms with E-state index in [1.54, 1.807) is 0 Å². The Balaban J connectivity index is 0.969. The van der Waals surface area contributed by atoms with Gasteiger partial charge in [-0.25, -0.2) is 0 Å². The molecule has 1 spiro atoms. The Morgan fingerprint density at radius 2 is 0.730 bits per heavy atom. The van der Waals surface area contributed by atoms with E-state index in [0.29, 0.717) is 0 Å². The molecule has 296 valence electrons. The maximum absolute atomic E-state index is 6.90. The second-order valence-electron chi connectivity index (χ2n) is 16.4. The first-order chi connectivity index (χ1) is 31.2. The number of anilines is 3. The molecule has 10 aromatic carbocycles. The molecule has 0 amide bonds. The molecule has 63 heavy (non-hydrogen) atoms. The summed E-state index contributed by atoms with van der Waals surface area (Å²) in [7, 11) is 0. The molecular formula is C61H41NO. The van der Waals surface area contributed by atoms with Gasteiger partial charge in [0.25, 0.3) is 0 Å². The van der Waals surface area contributed by atoms with Crippen LogP contribution in [0.25, 0.3) is 55.6 Å². The largest absolute Gasteiger partial charge is 0.457 e. The number of para-hydroxylation sites is 2. The molecule has 2 nitrogen and oxygen atoms in total. The summed E-state index contributed by atoms with van der Waals surface area (Å²) in [5, 5.41) is 0. The van der Waals surface area contributed by atoms with Gasteiger partial charge in [0.05, 0.1) is 11.1 Å². The van der Waals surface area contributed by atoms with Crippen molar-refractivity contribution in [3.8, 4) is 67.1 Å². The number of hydrogen-bond donors (Lipinski definition) is 0. The lowest BCUT2D eigenvalue weighted by atomic mass is 9.66. The smallest absolute Gasteiger partial charge is 0.132 e. The van der Waals surface area contributed by atoms with Gasteiger partial charge >= 0.3 is 0 Å². The molecule has 2 aliphatic rings. The van der Waals surface area contributed by atoms with Crippen molar-refractivity contribution in [2.45, 2.75) is 5.41 Å². The van der Waals surface area contributed by atoms with Crippen LogP contribution in [-0.2, 0) is 5.41 Å². The van der Waals surface area contributed by atoms with Gasteiger partial charge in [-0.05, 0) is 104 Å². The molecule has 0 aromatic heterocycles. The van der Waals surface area contributed by atoms with E-state index >= 15 is 0 Å². The van der Waals surface area contributed by atoms with Crippen molar-refractivity contribution in [1.82, 2.24) is 0 Å². The third-order valence-corrected chi connectivity index (χ3v) is 13.0. The number of benzene rings is 10. The quantitative estimate of drug-likeness (QED) is 0.159. The molecule has 0 N–H and O–H groups in total. The van der Waals surface area contributed by atoms with Crippen LogP contribution in [0.5, 0.6) is 11.5 Å². The van der Waals surface area contributed by atoms with Gasteiger partial charge < -0.3 is 9.64 Å². The summed E-state index contributed by atoms with van der Waals surface area (Å²) in [6, 6.07) is 89.8.